The van der Waals surface area contributed by atoms with Gasteiger partial charge in [-0.3, -0.25) is 4.79 Å². The number of nitrogens with one attached hydrogen (secondary N) is 1. The second-order valence-corrected chi connectivity index (χ2v) is 2.19. The molecule has 60 valence electrons. The summed E-state index contributed by atoms with van der Waals surface area (Å²) < 4.78 is 0. The van der Waals surface area contributed by atoms with Gasteiger partial charge in [0, 0.05) is 12.6 Å². The first-order valence-corrected chi connectivity index (χ1v) is 3.35. The van der Waals surface area contributed by atoms with Crippen LogP contribution in [0.3, 0.4) is 0 Å². The van der Waals surface area contributed by atoms with Crippen molar-refractivity contribution in [2.75, 3.05) is 0 Å². The van der Waals surface area contributed by atoms with Crippen molar-refractivity contribution in [3.63, 3.8) is 0 Å². The Morgan fingerprint density at radius 1 is 1.27 bits per heavy atom. The monoisotopic (exact) mass is 151 g/mol. The van der Waals surface area contributed by atoms with Gasteiger partial charge in [-0.2, -0.15) is 0 Å². The molecule has 0 heterocycles. The fourth-order valence-corrected chi connectivity index (χ4v) is 0.610. The summed E-state index contributed by atoms with van der Waals surface area (Å²) in [7, 11) is 0. The summed E-state index contributed by atoms with van der Waals surface area (Å²) in [5, 5.41) is 2.63. The van der Waals surface area contributed by atoms with Gasteiger partial charge in [-0.1, -0.05) is 19.2 Å². The second kappa shape index (κ2) is 4.50. The predicted molar refractivity (Wildman–Crippen MR) is 46.9 cm³/mol. The number of hydrogen-bond acceptors (Lipinski definition) is 1. The Balaban J connectivity index is 4.51. The van der Waals surface area contributed by atoms with E-state index in [9.17, 15) is 4.79 Å². The molecule has 0 aromatic heterocycles. The van der Waals surface area contributed by atoms with Gasteiger partial charge in [0.2, 0.25) is 5.91 Å². The maximum Gasteiger partial charge on any atom is 0.221 e. The molecule has 0 aromatic carbocycles. The van der Waals surface area contributed by atoms with E-state index in [2.05, 4.69) is 18.5 Å². The van der Waals surface area contributed by atoms with E-state index in [1.807, 2.05) is 6.92 Å². The number of hydrogen-bond donors (Lipinski definition) is 1. The van der Waals surface area contributed by atoms with E-state index in [1.165, 1.54) is 6.92 Å². The van der Waals surface area contributed by atoms with Crippen LogP contribution in [0.2, 0.25) is 0 Å². The van der Waals surface area contributed by atoms with Crippen molar-refractivity contribution in [3.8, 4) is 0 Å². The molecular formula is C9H13NO. The van der Waals surface area contributed by atoms with Gasteiger partial charge in [-0.05, 0) is 18.6 Å². The van der Waals surface area contributed by atoms with Gasteiger partial charge in [0.25, 0.3) is 0 Å². The van der Waals surface area contributed by atoms with Crippen molar-refractivity contribution in [3.05, 3.63) is 36.6 Å². The molecule has 0 atom stereocenters. The summed E-state index contributed by atoms with van der Waals surface area (Å²) in [6, 6.07) is 0. The van der Waals surface area contributed by atoms with Crippen LogP contribution in [0.25, 0.3) is 0 Å². The lowest BCUT2D eigenvalue weighted by Crippen LogP contribution is -2.18. The second-order valence-electron chi connectivity index (χ2n) is 2.19. The summed E-state index contributed by atoms with van der Waals surface area (Å²) in [5.74, 6) is -0.0962. The zero-order valence-electron chi connectivity index (χ0n) is 6.98. The number of allylic oxidation sites excluding steroid dienone is 3. The maximum absolute atomic E-state index is 10.6. The molecule has 0 spiro atoms. The normalized spacial score (nSPS) is 11.5. The molecule has 0 radical (unpaired) electrons. The van der Waals surface area contributed by atoms with Gasteiger partial charge in [0.1, 0.15) is 0 Å². The number of carbonyl (C=O) groups is 1. The topological polar surface area (TPSA) is 29.1 Å². The Kier molecular flexibility index (Phi) is 3.96. The molecule has 0 aliphatic heterocycles. The molecule has 0 fully saturated rings. The first-order valence-electron chi connectivity index (χ1n) is 3.35. The Hall–Kier alpha value is -1.31. The minimum Gasteiger partial charge on any atom is -0.326 e. The van der Waals surface area contributed by atoms with Crippen LogP contribution in [0.4, 0.5) is 0 Å². The Morgan fingerprint density at radius 2 is 1.82 bits per heavy atom. The van der Waals surface area contributed by atoms with Crippen LogP contribution in [-0.2, 0) is 4.79 Å². The van der Waals surface area contributed by atoms with Gasteiger partial charge in [-0.15, -0.1) is 0 Å². The van der Waals surface area contributed by atoms with Gasteiger partial charge in [-0.25, -0.2) is 0 Å². The summed E-state index contributed by atoms with van der Waals surface area (Å²) in [6.07, 6.45) is 3.27. The van der Waals surface area contributed by atoms with Crippen molar-refractivity contribution >= 4 is 5.91 Å². The maximum atomic E-state index is 10.6. The van der Waals surface area contributed by atoms with E-state index in [4.69, 9.17) is 0 Å². The molecular weight excluding hydrogens is 138 g/mol. The zero-order chi connectivity index (χ0) is 8.85. The van der Waals surface area contributed by atoms with Crippen LogP contribution < -0.4 is 5.32 Å². The minimum atomic E-state index is -0.0962. The standard InChI is InChI=1S/C9H13NO/c1-5-7(3)9(6-2)10-8(4)11/h5-6H,1-2H2,3-4H3,(H,10,11)/b9-7+. The molecule has 1 N–H and O–H groups in total. The quantitative estimate of drug-likeness (QED) is 0.612. The summed E-state index contributed by atoms with van der Waals surface area (Å²) in [6.45, 7) is 10.5. The van der Waals surface area contributed by atoms with Crippen LogP contribution >= 0.6 is 0 Å². The third-order valence-corrected chi connectivity index (χ3v) is 1.25. The van der Waals surface area contributed by atoms with Crippen molar-refractivity contribution in [1.29, 1.82) is 0 Å². The lowest BCUT2D eigenvalue weighted by molar-refractivity contribution is -0.118. The number of rotatable bonds is 3. The molecule has 1 amide bonds. The van der Waals surface area contributed by atoms with Crippen LogP contribution in [0.15, 0.2) is 36.6 Å². The van der Waals surface area contributed by atoms with Crippen LogP contribution in [0, 0.1) is 0 Å². The zero-order valence-corrected chi connectivity index (χ0v) is 6.98. The third kappa shape index (κ3) is 3.40. The number of amides is 1. The van der Waals surface area contributed by atoms with Crippen molar-refractivity contribution in [2.24, 2.45) is 0 Å². The minimum absolute atomic E-state index is 0.0962. The van der Waals surface area contributed by atoms with Gasteiger partial charge in [0.05, 0.1) is 0 Å². The van der Waals surface area contributed by atoms with E-state index < -0.39 is 0 Å². The van der Waals surface area contributed by atoms with E-state index in [0.717, 1.165) is 5.57 Å². The van der Waals surface area contributed by atoms with Gasteiger partial charge in [0.15, 0.2) is 0 Å². The first kappa shape index (κ1) is 9.69. The van der Waals surface area contributed by atoms with Crippen molar-refractivity contribution in [2.45, 2.75) is 13.8 Å². The van der Waals surface area contributed by atoms with Crippen LogP contribution in [-0.4, -0.2) is 5.91 Å². The molecule has 0 rings (SSSR count). The molecule has 2 heteroatoms. The molecule has 0 unspecified atom stereocenters. The highest BCUT2D eigenvalue weighted by molar-refractivity contribution is 5.75. The molecule has 0 aromatic rings. The van der Waals surface area contributed by atoms with Gasteiger partial charge < -0.3 is 5.32 Å². The van der Waals surface area contributed by atoms with Crippen LogP contribution in [0.5, 0.6) is 0 Å². The lowest BCUT2D eigenvalue weighted by Gasteiger charge is -2.04. The fraction of sp³-hybridized carbons (Fsp3) is 0.222. The molecule has 0 aliphatic rings. The third-order valence-electron chi connectivity index (χ3n) is 1.25. The van der Waals surface area contributed by atoms with Crippen molar-refractivity contribution in [1.82, 2.24) is 5.32 Å². The molecule has 0 aliphatic carbocycles. The molecule has 2 nitrogen and oxygen atoms in total. The molecule has 0 saturated carbocycles. The summed E-state index contributed by atoms with van der Waals surface area (Å²) >= 11 is 0. The Bertz CT molecular complexity index is 214. The van der Waals surface area contributed by atoms with E-state index in [-0.39, 0.29) is 5.91 Å². The van der Waals surface area contributed by atoms with Crippen LogP contribution in [0.1, 0.15) is 13.8 Å². The highest BCUT2D eigenvalue weighted by atomic mass is 16.1. The largest absolute Gasteiger partial charge is 0.326 e. The lowest BCUT2D eigenvalue weighted by atomic mass is 10.2. The molecule has 11 heavy (non-hydrogen) atoms. The fourth-order valence-electron chi connectivity index (χ4n) is 0.610. The van der Waals surface area contributed by atoms with E-state index in [1.54, 1.807) is 12.2 Å². The Morgan fingerprint density at radius 3 is 2.09 bits per heavy atom. The first-order chi connectivity index (χ1) is 5.11. The smallest absolute Gasteiger partial charge is 0.221 e. The highest BCUT2D eigenvalue weighted by Crippen LogP contribution is 2.01. The number of carbonyl (C=O) groups excluding carboxylic acids is 1. The average Bonchev–Trinajstić information content (AvgIpc) is 1.98. The van der Waals surface area contributed by atoms with E-state index >= 15 is 0 Å². The molecule has 0 saturated heterocycles. The average molecular weight is 151 g/mol. The van der Waals surface area contributed by atoms with Gasteiger partial charge >= 0.3 is 0 Å². The summed E-state index contributed by atoms with van der Waals surface area (Å²) in [5.41, 5.74) is 1.63. The van der Waals surface area contributed by atoms with E-state index in [0.29, 0.717) is 5.70 Å². The van der Waals surface area contributed by atoms with Crippen molar-refractivity contribution < 1.29 is 4.79 Å². The SMILES string of the molecule is C=C/C(C)=C(\C=C)NC(C)=O. The Labute approximate surface area is 67.3 Å². The predicted octanol–water partition coefficient (Wildman–Crippen LogP) is 1.77. The summed E-state index contributed by atoms with van der Waals surface area (Å²) in [4.78, 5) is 10.6. The highest BCUT2D eigenvalue weighted by Gasteiger charge is 1.96. The molecule has 0 bridgehead atoms.